The zero-order valence-corrected chi connectivity index (χ0v) is 18.5. The van der Waals surface area contributed by atoms with Crippen molar-refractivity contribution in [3.8, 4) is 11.5 Å². The number of benzene rings is 1. The largest absolute Gasteiger partial charge is 0.490 e. The number of piperidine rings is 1. The normalized spacial score (nSPS) is 13.5. The summed E-state index contributed by atoms with van der Waals surface area (Å²) >= 11 is 0. The van der Waals surface area contributed by atoms with Gasteiger partial charge in [0.1, 0.15) is 5.76 Å². The Labute approximate surface area is 191 Å². The van der Waals surface area contributed by atoms with Crippen molar-refractivity contribution < 1.29 is 28.3 Å². The lowest BCUT2D eigenvalue weighted by Gasteiger charge is -2.26. The van der Waals surface area contributed by atoms with Gasteiger partial charge in [0.15, 0.2) is 18.1 Å². The van der Waals surface area contributed by atoms with E-state index in [-0.39, 0.29) is 19.1 Å². The molecule has 2 aromatic rings. The average Bonchev–Trinajstić information content (AvgIpc) is 3.36. The number of hydrogen-bond donors (Lipinski definition) is 2. The number of rotatable bonds is 9. The monoisotopic (exact) mass is 456 g/mol. The second-order valence-corrected chi connectivity index (χ2v) is 7.33. The second-order valence-electron chi connectivity index (χ2n) is 7.33. The van der Waals surface area contributed by atoms with E-state index >= 15 is 0 Å². The highest BCUT2D eigenvalue weighted by atomic mass is 16.5. The molecule has 3 rings (SSSR count). The van der Waals surface area contributed by atoms with Gasteiger partial charge in [0.05, 0.1) is 25.6 Å². The van der Waals surface area contributed by atoms with Crippen LogP contribution < -0.4 is 20.2 Å². The van der Waals surface area contributed by atoms with E-state index < -0.39 is 11.8 Å². The van der Waals surface area contributed by atoms with Crippen LogP contribution in [0.15, 0.2) is 46.1 Å². The fourth-order valence-electron chi connectivity index (χ4n) is 3.24. The van der Waals surface area contributed by atoms with E-state index in [1.165, 1.54) is 12.5 Å². The average molecular weight is 456 g/mol. The maximum absolute atomic E-state index is 12.3. The number of hydrogen-bond acceptors (Lipinski definition) is 7. The Hall–Kier alpha value is -3.82. The highest BCUT2D eigenvalue weighted by Crippen LogP contribution is 2.28. The van der Waals surface area contributed by atoms with Gasteiger partial charge < -0.3 is 24.1 Å². The summed E-state index contributed by atoms with van der Waals surface area (Å²) in [6.45, 7) is 3.82. The molecule has 0 unspecified atom stereocenters. The first-order valence-corrected chi connectivity index (χ1v) is 10.9. The Morgan fingerprint density at radius 1 is 1.09 bits per heavy atom. The van der Waals surface area contributed by atoms with Crippen molar-refractivity contribution in [1.82, 2.24) is 15.6 Å². The molecule has 0 spiro atoms. The van der Waals surface area contributed by atoms with E-state index in [2.05, 4.69) is 15.8 Å². The van der Waals surface area contributed by atoms with E-state index in [1.807, 2.05) is 11.8 Å². The summed E-state index contributed by atoms with van der Waals surface area (Å²) in [5.41, 5.74) is 2.78. The summed E-state index contributed by atoms with van der Waals surface area (Å²) < 4.78 is 16.4. The van der Waals surface area contributed by atoms with Crippen molar-refractivity contribution in [3.05, 3.63) is 47.9 Å². The summed E-state index contributed by atoms with van der Waals surface area (Å²) in [5.74, 6) is -0.352. The van der Waals surface area contributed by atoms with E-state index in [0.29, 0.717) is 29.4 Å². The highest BCUT2D eigenvalue weighted by Gasteiger charge is 2.18. The van der Waals surface area contributed by atoms with Gasteiger partial charge in [0.2, 0.25) is 0 Å². The second kappa shape index (κ2) is 12.3. The van der Waals surface area contributed by atoms with Crippen molar-refractivity contribution in [2.45, 2.75) is 32.7 Å². The van der Waals surface area contributed by atoms with Gasteiger partial charge in [-0.25, -0.2) is 5.43 Å². The zero-order valence-electron chi connectivity index (χ0n) is 18.5. The molecule has 33 heavy (non-hydrogen) atoms. The topological polar surface area (TPSA) is 122 Å². The van der Waals surface area contributed by atoms with Gasteiger partial charge in [-0.3, -0.25) is 14.4 Å². The number of likely N-dealkylation sites (tertiary alicyclic amines) is 1. The number of amides is 3. The molecule has 1 aliphatic rings. The van der Waals surface area contributed by atoms with E-state index in [1.54, 1.807) is 30.3 Å². The summed E-state index contributed by atoms with van der Waals surface area (Å²) in [4.78, 5) is 37.8. The van der Waals surface area contributed by atoms with Gasteiger partial charge in [-0.2, -0.15) is 5.10 Å². The van der Waals surface area contributed by atoms with Gasteiger partial charge in [0.25, 0.3) is 5.91 Å². The van der Waals surface area contributed by atoms with Gasteiger partial charge in [0, 0.05) is 13.1 Å². The lowest BCUT2D eigenvalue weighted by molar-refractivity contribution is -0.139. The quantitative estimate of drug-likeness (QED) is 0.337. The minimum absolute atomic E-state index is 0.0455. The highest BCUT2D eigenvalue weighted by molar-refractivity contribution is 6.35. The Balaban J connectivity index is 1.51. The van der Waals surface area contributed by atoms with Gasteiger partial charge in [-0.05, 0) is 62.1 Å². The SMILES string of the molecule is CCOc1cc(/C=N/NC(=O)C(=O)NCc2ccco2)ccc1OCC(=O)N1CCCCC1. The molecular formula is C23H28N4O6. The zero-order chi connectivity index (χ0) is 23.5. The molecule has 10 nitrogen and oxygen atoms in total. The van der Waals surface area contributed by atoms with Gasteiger partial charge >= 0.3 is 11.8 Å². The van der Waals surface area contributed by atoms with Crippen LogP contribution in [-0.4, -0.2) is 55.1 Å². The molecule has 1 aliphatic heterocycles. The number of nitrogens with zero attached hydrogens (tertiary/aromatic N) is 2. The minimum Gasteiger partial charge on any atom is -0.490 e. The third kappa shape index (κ3) is 7.37. The number of ether oxygens (including phenoxy) is 2. The fraction of sp³-hybridized carbons (Fsp3) is 0.391. The molecule has 2 N–H and O–H groups in total. The third-order valence-corrected chi connectivity index (χ3v) is 4.92. The molecule has 1 aromatic carbocycles. The smallest absolute Gasteiger partial charge is 0.329 e. The molecule has 1 fully saturated rings. The van der Waals surface area contributed by atoms with E-state index in [9.17, 15) is 14.4 Å². The molecule has 0 bridgehead atoms. The molecule has 0 atom stereocenters. The maximum Gasteiger partial charge on any atom is 0.329 e. The Morgan fingerprint density at radius 3 is 2.64 bits per heavy atom. The first-order chi connectivity index (χ1) is 16.1. The van der Waals surface area contributed by atoms with Crippen LogP contribution in [0, 0.1) is 0 Å². The van der Waals surface area contributed by atoms with Crippen LogP contribution in [0.1, 0.15) is 37.5 Å². The molecule has 0 aliphatic carbocycles. The fourth-order valence-corrected chi connectivity index (χ4v) is 3.24. The first-order valence-electron chi connectivity index (χ1n) is 10.9. The summed E-state index contributed by atoms with van der Waals surface area (Å²) in [7, 11) is 0. The van der Waals surface area contributed by atoms with Crippen LogP contribution in [-0.2, 0) is 20.9 Å². The van der Waals surface area contributed by atoms with Gasteiger partial charge in [-0.1, -0.05) is 0 Å². The molecule has 0 radical (unpaired) electrons. The van der Waals surface area contributed by atoms with E-state index in [0.717, 1.165) is 32.4 Å². The molecule has 176 valence electrons. The Bertz CT molecular complexity index is 967. The number of furan rings is 1. The van der Waals surface area contributed by atoms with Crippen LogP contribution in [0.4, 0.5) is 0 Å². The first kappa shape index (κ1) is 23.8. The minimum atomic E-state index is -0.904. The van der Waals surface area contributed by atoms with Crippen LogP contribution >= 0.6 is 0 Å². The van der Waals surface area contributed by atoms with Crippen molar-refractivity contribution in [1.29, 1.82) is 0 Å². The number of carbonyl (C=O) groups is 3. The lowest BCUT2D eigenvalue weighted by atomic mass is 10.1. The van der Waals surface area contributed by atoms with Gasteiger partial charge in [-0.15, -0.1) is 0 Å². The van der Waals surface area contributed by atoms with Crippen LogP contribution in [0.5, 0.6) is 11.5 Å². The molecule has 10 heteroatoms. The van der Waals surface area contributed by atoms with Crippen molar-refractivity contribution in [3.63, 3.8) is 0 Å². The molecule has 2 heterocycles. The van der Waals surface area contributed by atoms with Crippen LogP contribution in [0.2, 0.25) is 0 Å². The van der Waals surface area contributed by atoms with Crippen LogP contribution in [0.3, 0.4) is 0 Å². The molecule has 3 amide bonds. The maximum atomic E-state index is 12.3. The summed E-state index contributed by atoms with van der Waals surface area (Å²) in [6, 6.07) is 8.43. The Morgan fingerprint density at radius 2 is 1.91 bits per heavy atom. The predicted molar refractivity (Wildman–Crippen MR) is 120 cm³/mol. The summed E-state index contributed by atoms with van der Waals surface area (Å²) in [5, 5.41) is 6.24. The Kier molecular flexibility index (Phi) is 8.87. The summed E-state index contributed by atoms with van der Waals surface area (Å²) in [6.07, 6.45) is 6.05. The number of nitrogens with one attached hydrogen (secondary N) is 2. The van der Waals surface area contributed by atoms with E-state index in [4.69, 9.17) is 13.9 Å². The molecule has 1 aromatic heterocycles. The van der Waals surface area contributed by atoms with Crippen molar-refractivity contribution in [2.75, 3.05) is 26.3 Å². The molecule has 0 saturated carbocycles. The number of carbonyl (C=O) groups excluding carboxylic acids is 3. The standard InChI is InChI=1S/C23H28N4O6/c1-2-31-20-13-17(8-9-19(20)33-16-21(28)27-10-4-3-5-11-27)14-25-26-23(30)22(29)24-15-18-7-6-12-32-18/h6-9,12-14H,2-5,10-11,15-16H2,1H3,(H,24,29)(H,26,30)/b25-14+. The lowest BCUT2D eigenvalue weighted by Crippen LogP contribution is -2.38. The molecule has 1 saturated heterocycles. The molecular weight excluding hydrogens is 428 g/mol. The van der Waals surface area contributed by atoms with Crippen molar-refractivity contribution in [2.24, 2.45) is 5.10 Å². The van der Waals surface area contributed by atoms with Crippen molar-refractivity contribution >= 4 is 23.9 Å². The third-order valence-electron chi connectivity index (χ3n) is 4.92. The predicted octanol–water partition coefficient (Wildman–Crippen LogP) is 1.84. The van der Waals surface area contributed by atoms with Crippen LogP contribution in [0.25, 0.3) is 0 Å². The number of hydrazone groups is 1.